The molecule has 1 heterocycles. The van der Waals surface area contributed by atoms with E-state index in [1.165, 1.54) is 0 Å². The molecule has 0 saturated carbocycles. The van der Waals surface area contributed by atoms with Gasteiger partial charge in [-0.1, -0.05) is 29.3 Å². The second-order valence-corrected chi connectivity index (χ2v) is 5.13. The number of urea groups is 1. The molecule has 3 N–H and O–H groups in total. The van der Waals surface area contributed by atoms with E-state index in [2.05, 4.69) is 16.0 Å². The van der Waals surface area contributed by atoms with Gasteiger partial charge in [-0.3, -0.25) is 4.79 Å². The number of rotatable bonds is 3. The summed E-state index contributed by atoms with van der Waals surface area (Å²) in [4.78, 5) is 22.9. The Morgan fingerprint density at radius 1 is 1.42 bits per heavy atom. The van der Waals surface area contributed by atoms with E-state index in [0.717, 1.165) is 5.56 Å². The highest BCUT2D eigenvalue weighted by Crippen LogP contribution is 2.25. The summed E-state index contributed by atoms with van der Waals surface area (Å²) in [5.74, 6) is -0.239. The number of amides is 3. The summed E-state index contributed by atoms with van der Waals surface area (Å²) in [6.07, 6.45) is 0. The predicted octanol–water partition coefficient (Wildman–Crippen LogP) is 1.85. The standard InChI is InChI=1S/C12H13Cl2N3O2/c1-6(7-2-3-8(13)9(14)4-7)16-11(18)10-5-15-12(19)17-10/h2-4,6,10H,5H2,1H3,(H,16,18)(H2,15,17,19). The first-order valence-electron chi connectivity index (χ1n) is 5.77. The number of carbonyl (C=O) groups excluding carboxylic acids is 2. The van der Waals surface area contributed by atoms with Crippen molar-refractivity contribution in [3.63, 3.8) is 0 Å². The largest absolute Gasteiger partial charge is 0.348 e. The first-order valence-corrected chi connectivity index (χ1v) is 6.52. The Kier molecular flexibility index (Phi) is 4.17. The zero-order valence-corrected chi connectivity index (χ0v) is 11.7. The lowest BCUT2D eigenvalue weighted by molar-refractivity contribution is -0.123. The molecule has 102 valence electrons. The predicted molar refractivity (Wildman–Crippen MR) is 73.3 cm³/mol. The zero-order valence-electron chi connectivity index (χ0n) is 10.2. The zero-order chi connectivity index (χ0) is 14.0. The van der Waals surface area contributed by atoms with Crippen LogP contribution >= 0.6 is 23.2 Å². The lowest BCUT2D eigenvalue weighted by atomic mass is 10.1. The van der Waals surface area contributed by atoms with Gasteiger partial charge >= 0.3 is 6.03 Å². The molecule has 0 aliphatic carbocycles. The molecule has 7 heteroatoms. The molecule has 1 aliphatic rings. The fourth-order valence-corrected chi connectivity index (χ4v) is 2.10. The van der Waals surface area contributed by atoms with E-state index in [4.69, 9.17) is 23.2 Å². The Morgan fingerprint density at radius 2 is 2.16 bits per heavy atom. The highest BCUT2D eigenvalue weighted by molar-refractivity contribution is 6.42. The maximum atomic E-state index is 11.9. The normalized spacial score (nSPS) is 19.5. The van der Waals surface area contributed by atoms with Crippen molar-refractivity contribution in [2.45, 2.75) is 19.0 Å². The van der Waals surface area contributed by atoms with Crippen LogP contribution in [-0.2, 0) is 4.79 Å². The van der Waals surface area contributed by atoms with Gasteiger partial charge < -0.3 is 16.0 Å². The highest BCUT2D eigenvalue weighted by atomic mass is 35.5. The molecule has 0 bridgehead atoms. The monoisotopic (exact) mass is 301 g/mol. The average molecular weight is 302 g/mol. The SMILES string of the molecule is CC(NC(=O)C1CNC(=O)N1)c1ccc(Cl)c(Cl)c1. The highest BCUT2D eigenvalue weighted by Gasteiger charge is 2.27. The molecule has 0 radical (unpaired) electrons. The topological polar surface area (TPSA) is 70.2 Å². The third kappa shape index (κ3) is 3.30. The minimum Gasteiger partial charge on any atom is -0.348 e. The van der Waals surface area contributed by atoms with Crippen LogP contribution in [0, 0.1) is 0 Å². The molecule has 3 amide bonds. The van der Waals surface area contributed by atoms with E-state index < -0.39 is 6.04 Å². The molecule has 1 aromatic rings. The van der Waals surface area contributed by atoms with Crippen LogP contribution in [0.15, 0.2) is 18.2 Å². The number of benzene rings is 1. The van der Waals surface area contributed by atoms with E-state index in [1.807, 2.05) is 6.92 Å². The van der Waals surface area contributed by atoms with Crippen LogP contribution in [-0.4, -0.2) is 24.5 Å². The molecule has 0 spiro atoms. The minimum atomic E-state index is -0.544. The van der Waals surface area contributed by atoms with Gasteiger partial charge in [0.25, 0.3) is 0 Å². The van der Waals surface area contributed by atoms with E-state index in [-0.39, 0.29) is 18.0 Å². The van der Waals surface area contributed by atoms with Gasteiger partial charge in [-0.25, -0.2) is 4.79 Å². The minimum absolute atomic E-state index is 0.222. The first kappa shape index (κ1) is 14.0. The smallest absolute Gasteiger partial charge is 0.315 e. The summed E-state index contributed by atoms with van der Waals surface area (Å²) >= 11 is 11.8. The van der Waals surface area contributed by atoms with Crippen molar-refractivity contribution in [3.8, 4) is 0 Å². The maximum Gasteiger partial charge on any atom is 0.315 e. The summed E-state index contributed by atoms with van der Waals surface area (Å²) < 4.78 is 0. The molecule has 1 aromatic carbocycles. The van der Waals surface area contributed by atoms with Crippen molar-refractivity contribution in [2.24, 2.45) is 0 Å². The molecule has 1 saturated heterocycles. The Bertz CT molecular complexity index is 522. The van der Waals surface area contributed by atoms with Gasteiger partial charge in [0.15, 0.2) is 0 Å². The Hall–Kier alpha value is -1.46. The average Bonchev–Trinajstić information content (AvgIpc) is 2.79. The molecule has 0 aromatic heterocycles. The number of halogens is 2. The second-order valence-electron chi connectivity index (χ2n) is 4.31. The molecule has 2 unspecified atom stereocenters. The van der Waals surface area contributed by atoms with Crippen molar-refractivity contribution < 1.29 is 9.59 Å². The molecule has 1 fully saturated rings. The van der Waals surface area contributed by atoms with Crippen LogP contribution in [0.2, 0.25) is 10.0 Å². The lowest BCUT2D eigenvalue weighted by Crippen LogP contribution is -2.43. The van der Waals surface area contributed by atoms with Gasteiger partial charge in [0.1, 0.15) is 6.04 Å². The van der Waals surface area contributed by atoms with Crippen LogP contribution in [0.5, 0.6) is 0 Å². The van der Waals surface area contributed by atoms with Gasteiger partial charge in [-0.15, -0.1) is 0 Å². The van der Waals surface area contributed by atoms with Crippen LogP contribution in [0.4, 0.5) is 4.79 Å². The number of carbonyl (C=O) groups is 2. The maximum absolute atomic E-state index is 11.9. The quantitative estimate of drug-likeness (QED) is 0.797. The van der Waals surface area contributed by atoms with Crippen molar-refractivity contribution in [1.82, 2.24) is 16.0 Å². The van der Waals surface area contributed by atoms with Crippen molar-refractivity contribution in [1.29, 1.82) is 0 Å². The van der Waals surface area contributed by atoms with E-state index in [0.29, 0.717) is 16.6 Å². The molecular weight excluding hydrogens is 289 g/mol. The first-order chi connectivity index (χ1) is 8.97. The number of hydrogen-bond donors (Lipinski definition) is 3. The molecule has 1 aliphatic heterocycles. The summed E-state index contributed by atoms with van der Waals surface area (Å²) in [6.45, 7) is 2.13. The second kappa shape index (κ2) is 5.67. The number of hydrogen-bond acceptors (Lipinski definition) is 2. The van der Waals surface area contributed by atoms with Crippen molar-refractivity contribution in [2.75, 3.05) is 6.54 Å². The Morgan fingerprint density at radius 3 is 2.74 bits per heavy atom. The van der Waals surface area contributed by atoms with Gasteiger partial charge in [-0.2, -0.15) is 0 Å². The van der Waals surface area contributed by atoms with E-state index in [1.54, 1.807) is 18.2 Å². The fraction of sp³-hybridized carbons (Fsp3) is 0.333. The summed E-state index contributed by atoms with van der Waals surface area (Å²) in [5.41, 5.74) is 0.847. The number of nitrogens with one attached hydrogen (secondary N) is 3. The molecular formula is C12H13Cl2N3O2. The molecule has 5 nitrogen and oxygen atoms in total. The van der Waals surface area contributed by atoms with Crippen molar-refractivity contribution >= 4 is 35.1 Å². The van der Waals surface area contributed by atoms with Crippen LogP contribution in [0.1, 0.15) is 18.5 Å². The van der Waals surface area contributed by atoms with Crippen LogP contribution in [0.25, 0.3) is 0 Å². The van der Waals surface area contributed by atoms with Gasteiger partial charge in [0.2, 0.25) is 5.91 Å². The van der Waals surface area contributed by atoms with Gasteiger partial charge in [-0.05, 0) is 24.6 Å². The van der Waals surface area contributed by atoms with Crippen molar-refractivity contribution in [3.05, 3.63) is 33.8 Å². The summed E-state index contributed by atoms with van der Waals surface area (Å²) in [6, 6.07) is 4.09. The third-order valence-corrected chi connectivity index (χ3v) is 3.63. The molecule has 19 heavy (non-hydrogen) atoms. The Balaban J connectivity index is 2.00. The third-order valence-electron chi connectivity index (χ3n) is 2.89. The van der Waals surface area contributed by atoms with E-state index >= 15 is 0 Å². The Labute approximate surface area is 120 Å². The summed E-state index contributed by atoms with van der Waals surface area (Å²) in [5, 5.41) is 8.77. The molecule has 2 atom stereocenters. The molecule has 2 rings (SSSR count). The van der Waals surface area contributed by atoms with Gasteiger partial charge in [0, 0.05) is 6.54 Å². The van der Waals surface area contributed by atoms with Crippen LogP contribution < -0.4 is 16.0 Å². The summed E-state index contributed by atoms with van der Waals surface area (Å²) in [7, 11) is 0. The van der Waals surface area contributed by atoms with Crippen LogP contribution in [0.3, 0.4) is 0 Å². The fourth-order valence-electron chi connectivity index (χ4n) is 1.79. The van der Waals surface area contributed by atoms with E-state index in [9.17, 15) is 9.59 Å². The van der Waals surface area contributed by atoms with Gasteiger partial charge in [0.05, 0.1) is 16.1 Å². The lowest BCUT2D eigenvalue weighted by Gasteiger charge is -2.17.